The van der Waals surface area contributed by atoms with E-state index in [4.69, 9.17) is 0 Å². The molecule has 0 saturated carbocycles. The minimum Gasteiger partial charge on any atom is -0.370 e. The highest BCUT2D eigenvalue weighted by Gasteiger charge is 2.29. The fraction of sp³-hybridized carbons (Fsp3) is 0.500. The van der Waals surface area contributed by atoms with Crippen LogP contribution in [0.1, 0.15) is 24.9 Å². The van der Waals surface area contributed by atoms with E-state index in [0.717, 1.165) is 29.4 Å². The van der Waals surface area contributed by atoms with E-state index in [1.54, 1.807) is 0 Å². The molecule has 0 bridgehead atoms. The van der Waals surface area contributed by atoms with Gasteiger partial charge in [0.25, 0.3) is 0 Å². The van der Waals surface area contributed by atoms with Crippen LogP contribution in [-0.2, 0) is 11.3 Å². The normalized spacial score (nSPS) is 14.7. The maximum Gasteiger partial charge on any atom is 0.325 e. The van der Waals surface area contributed by atoms with Crippen LogP contribution in [0.4, 0.5) is 10.6 Å². The number of nitrogens with zero attached hydrogens (tertiary/aromatic N) is 3. The predicted molar refractivity (Wildman–Crippen MR) is 69.5 cm³/mol. The first-order valence-electron chi connectivity index (χ1n) is 6.26. The molecule has 2 rings (SSSR count). The van der Waals surface area contributed by atoms with Gasteiger partial charge in [-0.2, -0.15) is 0 Å². The number of carbonyl (C=O) groups excluding carboxylic acids is 2. The lowest BCUT2D eigenvalue weighted by Crippen LogP contribution is -2.31. The molecule has 7 heteroatoms. The van der Waals surface area contributed by atoms with Gasteiger partial charge < -0.3 is 10.6 Å². The number of rotatable bonds is 5. The Bertz CT molecular complexity index is 487. The number of carbonyl (C=O) groups is 2. The molecule has 1 aliphatic rings. The lowest BCUT2D eigenvalue weighted by molar-refractivity contribution is -0.125. The number of hydrogen-bond donors (Lipinski definition) is 2. The van der Waals surface area contributed by atoms with Gasteiger partial charge in [0.2, 0.25) is 5.91 Å². The quantitative estimate of drug-likeness (QED) is 0.762. The Morgan fingerprint density at radius 2 is 2.21 bits per heavy atom. The van der Waals surface area contributed by atoms with Crippen LogP contribution in [-0.4, -0.2) is 39.9 Å². The van der Waals surface area contributed by atoms with E-state index in [-0.39, 0.29) is 19.0 Å². The second-order valence-corrected chi connectivity index (χ2v) is 4.38. The molecule has 7 nitrogen and oxygen atoms in total. The summed E-state index contributed by atoms with van der Waals surface area (Å²) in [7, 11) is 0. The van der Waals surface area contributed by atoms with Gasteiger partial charge in [0.1, 0.15) is 5.82 Å². The monoisotopic (exact) mass is 263 g/mol. The molecule has 1 aromatic rings. The molecule has 2 N–H and O–H groups in total. The lowest BCUT2D eigenvalue weighted by Gasteiger charge is -2.12. The summed E-state index contributed by atoms with van der Waals surface area (Å²) in [6, 6.07) is 1.45. The van der Waals surface area contributed by atoms with E-state index in [9.17, 15) is 9.59 Å². The molecule has 3 amide bonds. The van der Waals surface area contributed by atoms with Gasteiger partial charge in [-0.1, -0.05) is 6.92 Å². The van der Waals surface area contributed by atoms with Crippen molar-refractivity contribution in [3.8, 4) is 0 Å². The Morgan fingerprint density at radius 3 is 2.84 bits per heavy atom. The van der Waals surface area contributed by atoms with Crippen molar-refractivity contribution in [2.45, 2.75) is 26.8 Å². The Hall–Kier alpha value is -2.18. The van der Waals surface area contributed by atoms with Crippen LogP contribution in [0.15, 0.2) is 6.07 Å². The van der Waals surface area contributed by atoms with Gasteiger partial charge >= 0.3 is 6.03 Å². The zero-order valence-corrected chi connectivity index (χ0v) is 11.1. The van der Waals surface area contributed by atoms with Crippen LogP contribution in [0, 0.1) is 6.92 Å². The van der Waals surface area contributed by atoms with Gasteiger partial charge in [-0.05, 0) is 13.3 Å². The van der Waals surface area contributed by atoms with Gasteiger partial charge in [0.05, 0.1) is 13.1 Å². The molecule has 0 radical (unpaired) electrons. The minimum absolute atomic E-state index is 0.0472. The van der Waals surface area contributed by atoms with Crippen LogP contribution in [0.3, 0.4) is 0 Å². The molecule has 2 heterocycles. The number of amides is 3. The smallest absolute Gasteiger partial charge is 0.325 e. The van der Waals surface area contributed by atoms with Gasteiger partial charge in [-0.3, -0.25) is 9.69 Å². The number of hydrogen-bond acceptors (Lipinski definition) is 5. The molecule has 1 fully saturated rings. The molecule has 102 valence electrons. The fourth-order valence-corrected chi connectivity index (χ4v) is 1.80. The zero-order valence-electron chi connectivity index (χ0n) is 11.1. The first-order chi connectivity index (χ1) is 9.10. The highest BCUT2D eigenvalue weighted by molar-refractivity contribution is 6.01. The maximum absolute atomic E-state index is 11.5. The van der Waals surface area contributed by atoms with Gasteiger partial charge in [0.15, 0.2) is 5.82 Å². The second-order valence-electron chi connectivity index (χ2n) is 4.38. The third-order valence-corrected chi connectivity index (χ3v) is 2.69. The Labute approximate surface area is 111 Å². The van der Waals surface area contributed by atoms with Crippen LogP contribution in [0.2, 0.25) is 0 Å². The van der Waals surface area contributed by atoms with Crippen molar-refractivity contribution in [2.24, 2.45) is 0 Å². The molecule has 1 aromatic heterocycles. The minimum atomic E-state index is -0.391. The van der Waals surface area contributed by atoms with Crippen molar-refractivity contribution in [3.63, 3.8) is 0 Å². The van der Waals surface area contributed by atoms with E-state index >= 15 is 0 Å². The molecule has 19 heavy (non-hydrogen) atoms. The number of nitrogens with one attached hydrogen (secondary N) is 2. The van der Waals surface area contributed by atoms with E-state index in [2.05, 4.69) is 27.5 Å². The van der Waals surface area contributed by atoms with Gasteiger partial charge in [-0.25, -0.2) is 14.8 Å². The summed E-state index contributed by atoms with van der Waals surface area (Å²) in [6.45, 7) is 4.89. The summed E-state index contributed by atoms with van der Waals surface area (Å²) in [5, 5.41) is 5.64. The largest absolute Gasteiger partial charge is 0.370 e. The van der Waals surface area contributed by atoms with E-state index in [1.165, 1.54) is 0 Å². The van der Waals surface area contributed by atoms with Crippen LogP contribution in [0.5, 0.6) is 0 Å². The Morgan fingerprint density at radius 1 is 1.42 bits per heavy atom. The zero-order chi connectivity index (χ0) is 13.8. The van der Waals surface area contributed by atoms with Gasteiger partial charge in [-0.15, -0.1) is 0 Å². The molecule has 1 aliphatic heterocycles. The third-order valence-electron chi connectivity index (χ3n) is 2.69. The number of aromatic nitrogens is 2. The SMILES string of the molecule is CCCNc1cc(C)nc(CN2C(=O)CNC2=O)n1. The maximum atomic E-state index is 11.5. The third kappa shape index (κ3) is 3.18. The number of urea groups is 1. The fourth-order valence-electron chi connectivity index (χ4n) is 1.80. The van der Waals surface area contributed by atoms with Crippen molar-refractivity contribution in [1.82, 2.24) is 20.2 Å². The highest BCUT2D eigenvalue weighted by Crippen LogP contribution is 2.10. The summed E-state index contributed by atoms with van der Waals surface area (Å²) in [5.74, 6) is 0.929. The number of anilines is 1. The first-order valence-corrected chi connectivity index (χ1v) is 6.26. The van der Waals surface area contributed by atoms with Crippen molar-refractivity contribution in [2.75, 3.05) is 18.4 Å². The van der Waals surface area contributed by atoms with Crippen LogP contribution in [0.25, 0.3) is 0 Å². The Balaban J connectivity index is 2.13. The van der Waals surface area contributed by atoms with E-state index in [0.29, 0.717) is 5.82 Å². The average molecular weight is 263 g/mol. The average Bonchev–Trinajstić information content (AvgIpc) is 2.67. The second kappa shape index (κ2) is 5.64. The van der Waals surface area contributed by atoms with Crippen LogP contribution < -0.4 is 10.6 Å². The molecule has 0 atom stereocenters. The van der Waals surface area contributed by atoms with E-state index < -0.39 is 6.03 Å². The van der Waals surface area contributed by atoms with Crippen molar-refractivity contribution < 1.29 is 9.59 Å². The number of imide groups is 1. The summed E-state index contributed by atoms with van der Waals surface area (Å²) >= 11 is 0. The standard InChI is InChI=1S/C12H17N5O2/c1-3-4-13-9-5-8(2)15-10(16-9)7-17-11(18)6-14-12(17)19/h5H,3-4,6-7H2,1-2H3,(H,14,19)(H,13,15,16). The summed E-state index contributed by atoms with van der Waals surface area (Å²) < 4.78 is 0. The molecule has 0 aromatic carbocycles. The molecule has 0 unspecified atom stereocenters. The van der Waals surface area contributed by atoms with Crippen molar-refractivity contribution in [3.05, 3.63) is 17.6 Å². The number of aryl methyl sites for hydroxylation is 1. The molecular formula is C12H17N5O2. The predicted octanol–water partition coefficient (Wildman–Crippen LogP) is 0.659. The van der Waals surface area contributed by atoms with E-state index in [1.807, 2.05) is 13.0 Å². The molecule has 1 saturated heterocycles. The van der Waals surface area contributed by atoms with Gasteiger partial charge in [0, 0.05) is 18.3 Å². The van der Waals surface area contributed by atoms with Crippen molar-refractivity contribution in [1.29, 1.82) is 0 Å². The lowest BCUT2D eigenvalue weighted by atomic mass is 10.3. The van der Waals surface area contributed by atoms with Crippen molar-refractivity contribution >= 4 is 17.8 Å². The topological polar surface area (TPSA) is 87.2 Å². The van der Waals surface area contributed by atoms with Crippen LogP contribution >= 0.6 is 0 Å². The summed E-state index contributed by atoms with van der Waals surface area (Å²) in [4.78, 5) is 32.6. The summed E-state index contributed by atoms with van der Waals surface area (Å²) in [6.07, 6.45) is 0.991. The molecular weight excluding hydrogens is 246 g/mol. The first kappa shape index (κ1) is 13.3. The Kier molecular flexibility index (Phi) is 3.94. The highest BCUT2D eigenvalue weighted by atomic mass is 16.2. The molecule has 0 spiro atoms. The summed E-state index contributed by atoms with van der Waals surface area (Å²) in [5.41, 5.74) is 0.802. The molecule has 0 aliphatic carbocycles.